The number of carbonyl (C=O) groups excluding carboxylic acids is 1. The minimum absolute atomic E-state index is 0.201. The maximum Gasteiger partial charge on any atom is 0.322 e. The van der Waals surface area contributed by atoms with E-state index >= 15 is 0 Å². The molecule has 0 aliphatic heterocycles. The van der Waals surface area contributed by atoms with Gasteiger partial charge >= 0.3 is 6.03 Å². The fourth-order valence-corrected chi connectivity index (χ4v) is 4.04. The van der Waals surface area contributed by atoms with Gasteiger partial charge in [0.25, 0.3) is 5.56 Å². The van der Waals surface area contributed by atoms with Crippen molar-refractivity contribution in [2.24, 2.45) is 7.05 Å². The summed E-state index contributed by atoms with van der Waals surface area (Å²) in [7, 11) is 3.21. The topological polar surface area (TPSA) is 76.5 Å². The number of para-hydroxylation sites is 2. The number of nitrogens with zero attached hydrogens (tertiary/aromatic N) is 3. The maximum atomic E-state index is 13.5. The number of urea groups is 1. The summed E-state index contributed by atoms with van der Waals surface area (Å²) in [4.78, 5) is 32.9. The van der Waals surface area contributed by atoms with Gasteiger partial charge in [-0.15, -0.1) is 0 Å². The molecule has 34 heavy (non-hydrogen) atoms. The van der Waals surface area contributed by atoms with E-state index in [1.54, 1.807) is 49.4 Å². The average Bonchev–Trinajstić information content (AvgIpc) is 2.85. The van der Waals surface area contributed by atoms with Crippen LogP contribution in [0.15, 0.2) is 77.6 Å². The Hall–Kier alpha value is -3.84. The zero-order valence-electron chi connectivity index (χ0n) is 19.2. The lowest BCUT2D eigenvalue weighted by atomic mass is 10.1. The SMILES string of the molecule is COc1ccccc1NC(=O)N(Cc1ccccc1)C(C)c1nc2cc(Cl)ccc2c(=O)n1C. The quantitative estimate of drug-likeness (QED) is 0.404. The van der Waals surface area contributed by atoms with Crippen LogP contribution in [0.5, 0.6) is 5.75 Å². The smallest absolute Gasteiger partial charge is 0.322 e. The Morgan fingerprint density at radius 1 is 1.12 bits per heavy atom. The van der Waals surface area contributed by atoms with Gasteiger partial charge in [0, 0.05) is 18.6 Å². The molecule has 0 saturated heterocycles. The van der Waals surface area contributed by atoms with Crippen molar-refractivity contribution < 1.29 is 9.53 Å². The zero-order valence-corrected chi connectivity index (χ0v) is 19.9. The van der Waals surface area contributed by atoms with E-state index in [9.17, 15) is 9.59 Å². The fraction of sp³-hybridized carbons (Fsp3) is 0.192. The van der Waals surface area contributed by atoms with E-state index in [0.29, 0.717) is 39.7 Å². The average molecular weight is 477 g/mol. The number of hydrogen-bond acceptors (Lipinski definition) is 4. The van der Waals surface area contributed by atoms with Crippen LogP contribution in [0.1, 0.15) is 24.4 Å². The predicted octanol–water partition coefficient (Wildman–Crippen LogP) is 5.39. The Kier molecular flexibility index (Phi) is 6.84. The number of methoxy groups -OCH3 is 1. The predicted molar refractivity (Wildman–Crippen MR) is 134 cm³/mol. The minimum atomic E-state index is -0.531. The molecule has 1 N–H and O–H groups in total. The Labute approximate surface area is 202 Å². The molecule has 2 amide bonds. The van der Waals surface area contributed by atoms with Crippen LogP contribution in [0.25, 0.3) is 10.9 Å². The lowest BCUT2D eigenvalue weighted by Crippen LogP contribution is -2.39. The molecule has 1 atom stereocenters. The minimum Gasteiger partial charge on any atom is -0.495 e. The molecule has 1 unspecified atom stereocenters. The number of benzene rings is 3. The Morgan fingerprint density at radius 3 is 2.56 bits per heavy atom. The molecular weight excluding hydrogens is 452 g/mol. The van der Waals surface area contributed by atoms with Crippen LogP contribution < -0.4 is 15.6 Å². The molecule has 0 spiro atoms. The molecule has 4 rings (SSSR count). The van der Waals surface area contributed by atoms with E-state index in [0.717, 1.165) is 5.56 Å². The Balaban J connectivity index is 1.76. The van der Waals surface area contributed by atoms with Crippen LogP contribution in [0.3, 0.4) is 0 Å². The molecule has 3 aromatic carbocycles. The molecule has 0 aliphatic carbocycles. The summed E-state index contributed by atoms with van der Waals surface area (Å²) in [5, 5.41) is 3.89. The second-order valence-corrected chi connectivity index (χ2v) is 8.35. The number of anilines is 1. The molecule has 7 nitrogen and oxygen atoms in total. The number of carbonyl (C=O) groups is 1. The van der Waals surface area contributed by atoms with E-state index in [1.165, 1.54) is 4.57 Å². The molecule has 0 saturated carbocycles. The summed E-state index contributed by atoms with van der Waals surface area (Å²) in [5.74, 6) is 1.000. The summed E-state index contributed by atoms with van der Waals surface area (Å²) in [6.45, 7) is 2.16. The summed E-state index contributed by atoms with van der Waals surface area (Å²) < 4.78 is 6.86. The largest absolute Gasteiger partial charge is 0.495 e. The first-order valence-corrected chi connectivity index (χ1v) is 11.2. The van der Waals surface area contributed by atoms with Crippen LogP contribution in [0.2, 0.25) is 5.02 Å². The number of nitrogens with one attached hydrogen (secondary N) is 1. The second kappa shape index (κ2) is 9.97. The highest BCUT2D eigenvalue weighted by Crippen LogP contribution is 2.27. The first kappa shape index (κ1) is 23.3. The number of halogens is 1. The van der Waals surface area contributed by atoms with Gasteiger partial charge in [0.05, 0.1) is 29.7 Å². The molecule has 0 radical (unpaired) electrons. The number of ether oxygens (including phenoxy) is 1. The molecule has 4 aromatic rings. The van der Waals surface area contributed by atoms with Gasteiger partial charge in [0.1, 0.15) is 11.6 Å². The van der Waals surface area contributed by atoms with Gasteiger partial charge in [-0.05, 0) is 42.8 Å². The number of fused-ring (bicyclic) bond motifs is 1. The van der Waals surface area contributed by atoms with Gasteiger partial charge in [-0.1, -0.05) is 54.1 Å². The van der Waals surface area contributed by atoms with Crippen molar-refractivity contribution in [1.29, 1.82) is 0 Å². The molecule has 0 fully saturated rings. The monoisotopic (exact) mass is 476 g/mol. The van der Waals surface area contributed by atoms with Gasteiger partial charge in [0.15, 0.2) is 0 Å². The molecule has 1 heterocycles. The van der Waals surface area contributed by atoms with Gasteiger partial charge in [0.2, 0.25) is 0 Å². The van der Waals surface area contributed by atoms with Crippen molar-refractivity contribution >= 4 is 34.2 Å². The molecule has 0 aliphatic rings. The van der Waals surface area contributed by atoms with Crippen molar-refractivity contribution in [1.82, 2.24) is 14.5 Å². The zero-order chi connectivity index (χ0) is 24.2. The van der Waals surface area contributed by atoms with E-state index in [2.05, 4.69) is 5.32 Å². The number of aromatic nitrogens is 2. The fourth-order valence-electron chi connectivity index (χ4n) is 3.87. The lowest BCUT2D eigenvalue weighted by molar-refractivity contribution is 0.184. The normalized spacial score (nSPS) is 11.8. The van der Waals surface area contributed by atoms with Crippen molar-refractivity contribution in [3.05, 3.63) is 99.6 Å². The third-order valence-corrected chi connectivity index (χ3v) is 5.95. The summed E-state index contributed by atoms with van der Waals surface area (Å²) in [6.07, 6.45) is 0. The van der Waals surface area contributed by atoms with E-state index in [1.807, 2.05) is 49.4 Å². The van der Waals surface area contributed by atoms with Crippen LogP contribution in [0, 0.1) is 0 Å². The van der Waals surface area contributed by atoms with Crippen LogP contribution in [0.4, 0.5) is 10.5 Å². The van der Waals surface area contributed by atoms with Gasteiger partial charge in [-0.3, -0.25) is 9.36 Å². The molecular formula is C26H25ClN4O3. The molecule has 174 valence electrons. The summed E-state index contributed by atoms with van der Waals surface area (Å²) >= 11 is 6.15. The number of hydrogen-bond donors (Lipinski definition) is 1. The standard InChI is InChI=1S/C26H25ClN4O3/c1-17(24-28-22-15-19(27)13-14-20(22)25(32)30(24)2)31(16-18-9-5-4-6-10-18)26(33)29-21-11-7-8-12-23(21)34-3/h4-15,17H,16H2,1-3H3,(H,29,33). The maximum absolute atomic E-state index is 13.5. The Bertz CT molecular complexity index is 1390. The first-order chi connectivity index (χ1) is 16.4. The molecule has 1 aromatic heterocycles. The van der Waals surface area contributed by atoms with E-state index < -0.39 is 6.04 Å². The number of rotatable bonds is 6. The third kappa shape index (κ3) is 4.75. The number of amides is 2. The van der Waals surface area contributed by atoms with Crippen LogP contribution in [-0.4, -0.2) is 27.6 Å². The van der Waals surface area contributed by atoms with Crippen LogP contribution >= 0.6 is 11.6 Å². The van der Waals surface area contributed by atoms with Crippen molar-refractivity contribution in [2.75, 3.05) is 12.4 Å². The highest BCUT2D eigenvalue weighted by Gasteiger charge is 2.26. The van der Waals surface area contributed by atoms with E-state index in [4.69, 9.17) is 21.3 Å². The molecule has 0 bridgehead atoms. The second-order valence-electron chi connectivity index (χ2n) is 7.92. The van der Waals surface area contributed by atoms with E-state index in [-0.39, 0.29) is 11.6 Å². The highest BCUT2D eigenvalue weighted by molar-refractivity contribution is 6.31. The van der Waals surface area contributed by atoms with Crippen molar-refractivity contribution in [3.8, 4) is 5.75 Å². The van der Waals surface area contributed by atoms with Crippen molar-refractivity contribution in [2.45, 2.75) is 19.5 Å². The van der Waals surface area contributed by atoms with Gasteiger partial charge in [-0.25, -0.2) is 9.78 Å². The van der Waals surface area contributed by atoms with Gasteiger partial charge < -0.3 is 15.0 Å². The van der Waals surface area contributed by atoms with Gasteiger partial charge in [-0.2, -0.15) is 0 Å². The summed E-state index contributed by atoms with van der Waals surface area (Å²) in [5.41, 5.74) is 1.78. The summed E-state index contributed by atoms with van der Waals surface area (Å²) in [6, 6.07) is 21.0. The van der Waals surface area contributed by atoms with Crippen LogP contribution in [-0.2, 0) is 13.6 Å². The third-order valence-electron chi connectivity index (χ3n) is 5.72. The lowest BCUT2D eigenvalue weighted by Gasteiger charge is -2.30. The van der Waals surface area contributed by atoms with Crippen molar-refractivity contribution in [3.63, 3.8) is 0 Å². The first-order valence-electron chi connectivity index (χ1n) is 10.8. The molecule has 8 heteroatoms. The highest BCUT2D eigenvalue weighted by atomic mass is 35.5. The Morgan fingerprint density at radius 2 is 1.82 bits per heavy atom.